The van der Waals surface area contributed by atoms with E-state index in [0.29, 0.717) is 6.04 Å². The Bertz CT molecular complexity index is 373. The van der Waals surface area contributed by atoms with Crippen molar-refractivity contribution in [1.82, 2.24) is 5.32 Å². The lowest BCUT2D eigenvalue weighted by atomic mass is 10.1. The van der Waals surface area contributed by atoms with Crippen LogP contribution in [0.2, 0.25) is 0 Å². The molecule has 1 aliphatic rings. The normalized spacial score (nSPS) is 16.8. The second kappa shape index (κ2) is 6.76. The molecule has 18 heavy (non-hydrogen) atoms. The van der Waals surface area contributed by atoms with Gasteiger partial charge in [0.15, 0.2) is 0 Å². The van der Waals surface area contributed by atoms with Gasteiger partial charge in [-0.05, 0) is 38.3 Å². The predicted octanol–water partition coefficient (Wildman–Crippen LogP) is 2.45. The zero-order chi connectivity index (χ0) is 12.8. The van der Waals surface area contributed by atoms with Crippen LogP contribution in [0.5, 0.6) is 5.75 Å². The molecule has 1 saturated heterocycles. The van der Waals surface area contributed by atoms with Crippen molar-refractivity contribution in [1.29, 1.82) is 0 Å². The summed E-state index contributed by atoms with van der Waals surface area (Å²) in [5.74, 6) is 0.995. The second-order valence-corrected chi connectivity index (χ2v) is 4.96. The third kappa shape index (κ3) is 4.00. The van der Waals surface area contributed by atoms with E-state index in [2.05, 4.69) is 37.4 Å². The van der Waals surface area contributed by atoms with Crippen LogP contribution in [0.25, 0.3) is 0 Å². The van der Waals surface area contributed by atoms with E-state index in [1.54, 1.807) is 0 Å². The minimum Gasteiger partial charge on any atom is -0.492 e. The van der Waals surface area contributed by atoms with Crippen molar-refractivity contribution >= 4 is 0 Å². The summed E-state index contributed by atoms with van der Waals surface area (Å²) in [6, 6.07) is 6.90. The highest BCUT2D eigenvalue weighted by atomic mass is 16.5. The Morgan fingerprint density at radius 3 is 2.78 bits per heavy atom. The van der Waals surface area contributed by atoms with Crippen LogP contribution in [0.4, 0.5) is 0 Å². The average molecular weight is 249 g/mol. The standard InChI is InChI=1S/C15H23NO2/c1-12-3-4-15(13(2)11-12)18-10-7-16-14-5-8-17-9-6-14/h3-4,11,14,16H,5-10H2,1-2H3. The molecule has 1 aromatic rings. The first kappa shape index (κ1) is 13.4. The molecule has 0 spiro atoms. The molecule has 1 aromatic carbocycles. The largest absolute Gasteiger partial charge is 0.492 e. The number of ether oxygens (including phenoxy) is 2. The highest BCUT2D eigenvalue weighted by Crippen LogP contribution is 2.18. The first-order valence-corrected chi connectivity index (χ1v) is 6.77. The molecule has 1 fully saturated rings. The van der Waals surface area contributed by atoms with Gasteiger partial charge in [-0.15, -0.1) is 0 Å². The van der Waals surface area contributed by atoms with Crippen molar-refractivity contribution < 1.29 is 9.47 Å². The molecule has 3 nitrogen and oxygen atoms in total. The predicted molar refractivity (Wildman–Crippen MR) is 73.3 cm³/mol. The van der Waals surface area contributed by atoms with Gasteiger partial charge < -0.3 is 14.8 Å². The van der Waals surface area contributed by atoms with Crippen molar-refractivity contribution in [2.24, 2.45) is 0 Å². The Labute approximate surface area is 109 Å². The topological polar surface area (TPSA) is 30.5 Å². The molecule has 3 heteroatoms. The van der Waals surface area contributed by atoms with Gasteiger partial charge in [0, 0.05) is 25.8 Å². The first-order valence-electron chi connectivity index (χ1n) is 6.77. The van der Waals surface area contributed by atoms with Crippen molar-refractivity contribution in [3.63, 3.8) is 0 Å². The zero-order valence-electron chi connectivity index (χ0n) is 11.4. The van der Waals surface area contributed by atoms with E-state index in [4.69, 9.17) is 9.47 Å². The van der Waals surface area contributed by atoms with Gasteiger partial charge in [0.05, 0.1) is 0 Å². The average Bonchev–Trinajstić information content (AvgIpc) is 2.38. The maximum absolute atomic E-state index is 5.79. The molecule has 0 bridgehead atoms. The lowest BCUT2D eigenvalue weighted by molar-refractivity contribution is 0.0770. The molecule has 0 aliphatic carbocycles. The second-order valence-electron chi connectivity index (χ2n) is 4.96. The van der Waals surface area contributed by atoms with E-state index in [9.17, 15) is 0 Å². The summed E-state index contributed by atoms with van der Waals surface area (Å²) in [6.45, 7) is 7.59. The Morgan fingerprint density at radius 1 is 1.28 bits per heavy atom. The van der Waals surface area contributed by atoms with Crippen LogP contribution in [0.1, 0.15) is 24.0 Å². The van der Waals surface area contributed by atoms with Gasteiger partial charge >= 0.3 is 0 Å². The summed E-state index contributed by atoms with van der Waals surface area (Å²) in [5, 5.41) is 3.52. The quantitative estimate of drug-likeness (QED) is 0.813. The Hall–Kier alpha value is -1.06. The van der Waals surface area contributed by atoms with Crippen LogP contribution in [-0.4, -0.2) is 32.4 Å². The third-order valence-electron chi connectivity index (χ3n) is 3.34. The van der Waals surface area contributed by atoms with Gasteiger partial charge in [-0.3, -0.25) is 0 Å². The highest BCUT2D eigenvalue weighted by molar-refractivity contribution is 5.35. The number of nitrogens with one attached hydrogen (secondary N) is 1. The lowest BCUT2D eigenvalue weighted by Gasteiger charge is -2.23. The molecule has 1 N–H and O–H groups in total. The number of rotatable bonds is 5. The van der Waals surface area contributed by atoms with E-state index in [0.717, 1.165) is 45.0 Å². The van der Waals surface area contributed by atoms with E-state index in [1.165, 1.54) is 11.1 Å². The summed E-state index contributed by atoms with van der Waals surface area (Å²) in [4.78, 5) is 0. The molecular weight excluding hydrogens is 226 g/mol. The molecule has 0 radical (unpaired) electrons. The summed E-state index contributed by atoms with van der Waals surface area (Å²) in [5.41, 5.74) is 2.49. The van der Waals surface area contributed by atoms with Gasteiger partial charge in [-0.25, -0.2) is 0 Å². The van der Waals surface area contributed by atoms with E-state index < -0.39 is 0 Å². The number of aryl methyl sites for hydroxylation is 2. The van der Waals surface area contributed by atoms with Gasteiger partial charge in [-0.1, -0.05) is 17.7 Å². The molecule has 0 unspecified atom stereocenters. The van der Waals surface area contributed by atoms with Crippen molar-refractivity contribution in [3.05, 3.63) is 29.3 Å². The number of hydrogen-bond donors (Lipinski definition) is 1. The third-order valence-corrected chi connectivity index (χ3v) is 3.34. The summed E-state index contributed by atoms with van der Waals surface area (Å²) in [6.07, 6.45) is 2.23. The molecule has 0 aromatic heterocycles. The molecule has 2 rings (SSSR count). The fraction of sp³-hybridized carbons (Fsp3) is 0.600. The molecule has 0 atom stereocenters. The maximum atomic E-state index is 5.79. The summed E-state index contributed by atoms with van der Waals surface area (Å²) >= 11 is 0. The van der Waals surface area contributed by atoms with E-state index in [-0.39, 0.29) is 0 Å². The number of hydrogen-bond acceptors (Lipinski definition) is 3. The molecular formula is C15H23NO2. The van der Waals surface area contributed by atoms with Crippen LogP contribution in [0.15, 0.2) is 18.2 Å². The Morgan fingerprint density at radius 2 is 2.06 bits per heavy atom. The van der Waals surface area contributed by atoms with Crippen molar-refractivity contribution in [2.45, 2.75) is 32.7 Å². The molecule has 100 valence electrons. The van der Waals surface area contributed by atoms with Crippen LogP contribution >= 0.6 is 0 Å². The van der Waals surface area contributed by atoms with E-state index >= 15 is 0 Å². The molecule has 1 heterocycles. The fourth-order valence-electron chi connectivity index (χ4n) is 2.29. The van der Waals surface area contributed by atoms with Crippen LogP contribution in [-0.2, 0) is 4.74 Å². The van der Waals surface area contributed by atoms with Crippen LogP contribution < -0.4 is 10.1 Å². The molecule has 1 aliphatic heterocycles. The smallest absolute Gasteiger partial charge is 0.122 e. The fourth-order valence-corrected chi connectivity index (χ4v) is 2.29. The van der Waals surface area contributed by atoms with Crippen LogP contribution in [0.3, 0.4) is 0 Å². The van der Waals surface area contributed by atoms with Gasteiger partial charge in [0.25, 0.3) is 0 Å². The van der Waals surface area contributed by atoms with Gasteiger partial charge in [0.1, 0.15) is 12.4 Å². The maximum Gasteiger partial charge on any atom is 0.122 e. The van der Waals surface area contributed by atoms with E-state index in [1.807, 2.05) is 0 Å². The Kier molecular flexibility index (Phi) is 5.02. The minimum atomic E-state index is 0.599. The van der Waals surface area contributed by atoms with Crippen molar-refractivity contribution in [3.8, 4) is 5.75 Å². The van der Waals surface area contributed by atoms with Crippen LogP contribution in [0, 0.1) is 13.8 Å². The first-order chi connectivity index (χ1) is 8.75. The highest BCUT2D eigenvalue weighted by Gasteiger charge is 2.12. The zero-order valence-corrected chi connectivity index (χ0v) is 11.4. The SMILES string of the molecule is Cc1ccc(OCCNC2CCOCC2)c(C)c1. The number of benzene rings is 1. The Balaban J connectivity index is 1.68. The summed E-state index contributed by atoms with van der Waals surface area (Å²) in [7, 11) is 0. The monoisotopic (exact) mass is 249 g/mol. The lowest BCUT2D eigenvalue weighted by Crippen LogP contribution is -2.37. The van der Waals surface area contributed by atoms with Crippen molar-refractivity contribution in [2.75, 3.05) is 26.4 Å². The van der Waals surface area contributed by atoms with Gasteiger partial charge in [-0.2, -0.15) is 0 Å². The molecule has 0 amide bonds. The molecule has 0 saturated carbocycles. The summed E-state index contributed by atoms with van der Waals surface area (Å²) < 4.78 is 11.1. The minimum absolute atomic E-state index is 0.599. The van der Waals surface area contributed by atoms with Gasteiger partial charge in [0.2, 0.25) is 0 Å².